The molecule has 4 aromatic heterocycles. The largest absolute Gasteiger partial charge is 0.346 e. The number of carbonyl (C=O) groups is 1. The van der Waals surface area contributed by atoms with E-state index in [4.69, 9.17) is 0 Å². The second-order valence-electron chi connectivity index (χ2n) is 10.3. The summed E-state index contributed by atoms with van der Waals surface area (Å²) < 4.78 is 1.88. The van der Waals surface area contributed by atoms with E-state index in [0.717, 1.165) is 36.6 Å². The second kappa shape index (κ2) is 9.27. The van der Waals surface area contributed by atoms with Gasteiger partial charge in [0.15, 0.2) is 5.65 Å². The average molecular weight is 478 g/mol. The van der Waals surface area contributed by atoms with Crippen LogP contribution in [0.4, 0.5) is 0 Å². The van der Waals surface area contributed by atoms with Crippen molar-refractivity contribution >= 4 is 33.0 Å². The van der Waals surface area contributed by atoms with Crippen LogP contribution in [0.25, 0.3) is 27.1 Å². The molecule has 5 heterocycles. The van der Waals surface area contributed by atoms with Crippen molar-refractivity contribution in [1.29, 1.82) is 0 Å². The summed E-state index contributed by atoms with van der Waals surface area (Å²) in [5.41, 5.74) is 7.28. The number of aryl methyl sites for hydroxylation is 3. The summed E-state index contributed by atoms with van der Waals surface area (Å²) in [7, 11) is 0. The van der Waals surface area contributed by atoms with Crippen LogP contribution >= 0.6 is 11.3 Å². The molecule has 1 N–H and O–H groups in total. The number of ketones is 1. The van der Waals surface area contributed by atoms with E-state index >= 15 is 0 Å². The summed E-state index contributed by atoms with van der Waals surface area (Å²) in [6, 6.07) is 2.22. The monoisotopic (exact) mass is 477 g/mol. The number of thiophene rings is 1. The highest BCUT2D eigenvalue weighted by atomic mass is 32.1. The van der Waals surface area contributed by atoms with E-state index in [1.54, 1.807) is 13.3 Å². The van der Waals surface area contributed by atoms with Crippen molar-refractivity contribution in [1.82, 2.24) is 24.5 Å². The number of pyridine rings is 1. The number of aromatic amines is 1. The quantitative estimate of drug-likeness (QED) is 0.359. The molecule has 0 spiro atoms. The summed E-state index contributed by atoms with van der Waals surface area (Å²) in [6.45, 7) is 13.4. The zero-order valence-electron chi connectivity index (χ0n) is 20.9. The molecule has 0 amide bonds. The van der Waals surface area contributed by atoms with Crippen LogP contribution in [0.5, 0.6) is 0 Å². The second-order valence-corrected chi connectivity index (χ2v) is 11.4. The van der Waals surface area contributed by atoms with Gasteiger partial charge in [-0.25, -0.2) is 9.50 Å². The Morgan fingerprint density at radius 3 is 2.74 bits per heavy atom. The fourth-order valence-electron chi connectivity index (χ4n) is 5.64. The van der Waals surface area contributed by atoms with Gasteiger partial charge in [-0.1, -0.05) is 13.8 Å². The minimum absolute atomic E-state index is 0.277. The van der Waals surface area contributed by atoms with Gasteiger partial charge < -0.3 is 4.98 Å². The SMILES string of the molecule is CC(=O)CN1CCC(CCc2sc3[nH]c(-c4cc(C)c5ncnn5c4)c(C(C)C)c3c2C)CC1. The van der Waals surface area contributed by atoms with Crippen molar-refractivity contribution in [2.75, 3.05) is 19.6 Å². The van der Waals surface area contributed by atoms with Gasteiger partial charge in [-0.3, -0.25) is 9.69 Å². The van der Waals surface area contributed by atoms with E-state index in [-0.39, 0.29) is 5.78 Å². The fraction of sp³-hybridized carbons (Fsp3) is 0.519. The van der Waals surface area contributed by atoms with Gasteiger partial charge in [-0.15, -0.1) is 11.3 Å². The van der Waals surface area contributed by atoms with Gasteiger partial charge in [0.25, 0.3) is 0 Å². The first-order valence-electron chi connectivity index (χ1n) is 12.5. The Morgan fingerprint density at radius 2 is 2.03 bits per heavy atom. The van der Waals surface area contributed by atoms with Crippen LogP contribution in [-0.2, 0) is 11.2 Å². The fourth-order valence-corrected chi connectivity index (χ4v) is 6.88. The molecule has 0 aliphatic carbocycles. The molecule has 0 atom stereocenters. The van der Waals surface area contributed by atoms with E-state index in [2.05, 4.69) is 59.9 Å². The zero-order chi connectivity index (χ0) is 24.0. The maximum absolute atomic E-state index is 11.4. The third-order valence-electron chi connectivity index (χ3n) is 7.38. The number of rotatable bonds is 7. The number of hydrogen-bond donors (Lipinski definition) is 1. The van der Waals surface area contributed by atoms with Crippen molar-refractivity contribution < 1.29 is 4.79 Å². The highest BCUT2D eigenvalue weighted by molar-refractivity contribution is 7.19. The number of fused-ring (bicyclic) bond motifs is 2. The lowest BCUT2D eigenvalue weighted by molar-refractivity contribution is -0.118. The summed E-state index contributed by atoms with van der Waals surface area (Å²) in [6.07, 6.45) is 8.51. The van der Waals surface area contributed by atoms with Crippen LogP contribution in [0.3, 0.4) is 0 Å². The average Bonchev–Trinajstić information content (AvgIpc) is 3.48. The van der Waals surface area contributed by atoms with Crippen LogP contribution in [0.2, 0.25) is 0 Å². The van der Waals surface area contributed by atoms with Crippen LogP contribution in [0, 0.1) is 19.8 Å². The lowest BCUT2D eigenvalue weighted by Crippen LogP contribution is -2.36. The molecule has 5 rings (SSSR count). The first-order chi connectivity index (χ1) is 16.3. The van der Waals surface area contributed by atoms with E-state index in [1.165, 1.54) is 56.7 Å². The number of carbonyl (C=O) groups excluding carboxylic acids is 1. The lowest BCUT2D eigenvalue weighted by atomic mass is 9.90. The van der Waals surface area contributed by atoms with Gasteiger partial charge in [-0.05, 0) is 94.1 Å². The highest BCUT2D eigenvalue weighted by Gasteiger charge is 2.24. The molecule has 0 saturated carbocycles. The molecule has 0 bridgehead atoms. The standard InChI is InChI=1S/C27H35N5OS/c1-16(2)23-24-19(5)22(7-6-20-8-10-31(11-9-20)13-18(4)33)34-27(24)30-25(23)21-12-17(3)26-28-15-29-32(26)14-21/h12,14-16,20,30H,6-11,13H2,1-5H3. The Balaban J connectivity index is 1.39. The molecular weight excluding hydrogens is 442 g/mol. The minimum atomic E-state index is 0.277. The van der Waals surface area contributed by atoms with E-state index < -0.39 is 0 Å². The molecule has 1 fully saturated rings. The molecule has 34 heavy (non-hydrogen) atoms. The van der Waals surface area contributed by atoms with Crippen molar-refractivity contribution in [2.24, 2.45) is 5.92 Å². The molecule has 0 aromatic carbocycles. The number of nitrogens with zero attached hydrogens (tertiary/aromatic N) is 4. The molecule has 4 aromatic rings. The Hall–Kier alpha value is -2.51. The van der Waals surface area contributed by atoms with E-state index in [0.29, 0.717) is 12.5 Å². The number of Topliss-reactive ketones (excluding diaryl/α,β-unsaturated/α-hetero) is 1. The van der Waals surface area contributed by atoms with Crippen molar-refractivity contribution in [3.05, 3.63) is 40.2 Å². The predicted molar refractivity (Wildman–Crippen MR) is 140 cm³/mol. The first-order valence-corrected chi connectivity index (χ1v) is 13.3. The molecular formula is C27H35N5OS. The van der Waals surface area contributed by atoms with Gasteiger partial charge >= 0.3 is 0 Å². The molecule has 1 saturated heterocycles. The van der Waals surface area contributed by atoms with Gasteiger partial charge in [-0.2, -0.15) is 5.10 Å². The van der Waals surface area contributed by atoms with Crippen LogP contribution in [0.1, 0.15) is 67.5 Å². The Bertz CT molecular complexity index is 1340. The number of likely N-dealkylation sites (tertiary alicyclic amines) is 1. The molecule has 1 aliphatic heterocycles. The van der Waals surface area contributed by atoms with Crippen LogP contribution < -0.4 is 0 Å². The summed E-state index contributed by atoms with van der Waals surface area (Å²) in [4.78, 5) is 24.7. The summed E-state index contributed by atoms with van der Waals surface area (Å²) in [5, 5.41) is 5.79. The van der Waals surface area contributed by atoms with Gasteiger partial charge in [0.05, 0.1) is 12.2 Å². The first kappa shape index (κ1) is 23.2. The van der Waals surface area contributed by atoms with Crippen molar-refractivity contribution in [2.45, 2.75) is 66.2 Å². The molecule has 7 heteroatoms. The molecule has 6 nitrogen and oxygen atoms in total. The minimum Gasteiger partial charge on any atom is -0.346 e. The molecule has 0 unspecified atom stereocenters. The maximum Gasteiger partial charge on any atom is 0.158 e. The van der Waals surface area contributed by atoms with Crippen molar-refractivity contribution in [3.8, 4) is 11.3 Å². The lowest BCUT2D eigenvalue weighted by Gasteiger charge is -2.31. The topological polar surface area (TPSA) is 66.3 Å². The van der Waals surface area contributed by atoms with Gasteiger partial charge in [0.2, 0.25) is 0 Å². The number of nitrogens with one attached hydrogen (secondary N) is 1. The van der Waals surface area contributed by atoms with Crippen LogP contribution in [0.15, 0.2) is 18.6 Å². The van der Waals surface area contributed by atoms with Crippen molar-refractivity contribution in [3.63, 3.8) is 0 Å². The van der Waals surface area contributed by atoms with E-state index in [9.17, 15) is 4.79 Å². The third kappa shape index (κ3) is 4.31. The Morgan fingerprint density at radius 1 is 1.26 bits per heavy atom. The van der Waals surface area contributed by atoms with Crippen LogP contribution in [-0.4, -0.2) is 49.9 Å². The zero-order valence-corrected chi connectivity index (χ0v) is 21.8. The maximum atomic E-state index is 11.4. The highest BCUT2D eigenvalue weighted by Crippen LogP contribution is 2.42. The number of piperidine rings is 1. The number of aromatic nitrogens is 4. The molecule has 0 radical (unpaired) electrons. The smallest absolute Gasteiger partial charge is 0.158 e. The molecule has 180 valence electrons. The normalized spacial score (nSPS) is 15.8. The Labute approximate surface area is 205 Å². The van der Waals surface area contributed by atoms with Gasteiger partial charge in [0.1, 0.15) is 16.9 Å². The summed E-state index contributed by atoms with van der Waals surface area (Å²) in [5.74, 6) is 1.46. The number of H-pyrrole nitrogens is 1. The van der Waals surface area contributed by atoms with Gasteiger partial charge in [0, 0.05) is 22.0 Å². The molecule has 1 aliphatic rings. The number of hydrogen-bond acceptors (Lipinski definition) is 5. The Kier molecular flexibility index (Phi) is 6.34. The third-order valence-corrected chi connectivity index (χ3v) is 8.65. The van der Waals surface area contributed by atoms with E-state index in [1.807, 2.05) is 15.9 Å². The predicted octanol–water partition coefficient (Wildman–Crippen LogP) is 5.91. The summed E-state index contributed by atoms with van der Waals surface area (Å²) >= 11 is 1.93.